The van der Waals surface area contributed by atoms with Crippen molar-refractivity contribution in [3.8, 4) is 0 Å². The summed E-state index contributed by atoms with van der Waals surface area (Å²) in [4.78, 5) is 11.1. The number of ether oxygens (including phenoxy) is 1. The summed E-state index contributed by atoms with van der Waals surface area (Å²) in [5.74, 6) is 10.4. The quantitative estimate of drug-likeness (QED) is 0.441. The Kier molecular flexibility index (Phi) is 8.52. The van der Waals surface area contributed by atoms with Crippen molar-refractivity contribution in [2.24, 2.45) is 11.7 Å². The highest BCUT2D eigenvalue weighted by Gasteiger charge is 2.08. The van der Waals surface area contributed by atoms with Gasteiger partial charge in [0, 0.05) is 10.7 Å². The fraction of sp³-hybridized carbons (Fsp3) is 0.188. The number of benzene rings is 2. The van der Waals surface area contributed by atoms with Crippen LogP contribution < -0.4 is 22.1 Å². The highest BCUT2D eigenvalue weighted by atomic mass is 35.5. The van der Waals surface area contributed by atoms with E-state index in [0.717, 1.165) is 5.69 Å². The van der Waals surface area contributed by atoms with Crippen molar-refractivity contribution in [1.82, 2.24) is 0 Å². The van der Waals surface area contributed by atoms with E-state index in [1.54, 1.807) is 31.2 Å². The summed E-state index contributed by atoms with van der Waals surface area (Å²) < 4.78 is 4.77. The first-order valence-corrected chi connectivity index (χ1v) is 7.39. The molecule has 0 heterocycles. The second-order valence-corrected chi connectivity index (χ2v) is 4.86. The Balaban J connectivity index is 0.000000277. The summed E-state index contributed by atoms with van der Waals surface area (Å²) in [5, 5.41) is 1.94. The molecule has 7 heteroatoms. The summed E-state index contributed by atoms with van der Waals surface area (Å²) in [6.45, 7) is 2.13. The molecule has 5 N–H and O–H groups in total. The monoisotopic (exact) mass is 336 g/mol. The van der Waals surface area contributed by atoms with Crippen LogP contribution in [0.5, 0.6) is 0 Å². The molecule has 0 aliphatic rings. The molecule has 0 amide bonds. The van der Waals surface area contributed by atoms with E-state index in [9.17, 15) is 4.79 Å². The first kappa shape index (κ1) is 18.8. The van der Waals surface area contributed by atoms with Crippen molar-refractivity contribution in [3.63, 3.8) is 0 Å². The summed E-state index contributed by atoms with van der Waals surface area (Å²) >= 11 is 5.72. The fourth-order valence-corrected chi connectivity index (χ4v) is 1.73. The van der Waals surface area contributed by atoms with Crippen LogP contribution in [0.2, 0.25) is 5.02 Å². The number of nitrogens with zero attached hydrogens (tertiary/aromatic N) is 1. The first-order chi connectivity index (χ1) is 11.1. The number of nitrogen functional groups attached to an aromatic ring is 1. The average Bonchev–Trinajstić information content (AvgIpc) is 2.57. The van der Waals surface area contributed by atoms with Crippen LogP contribution in [0.1, 0.15) is 6.92 Å². The minimum absolute atomic E-state index is 0.0233. The number of esters is 1. The number of rotatable bonds is 5. The van der Waals surface area contributed by atoms with E-state index in [2.05, 4.69) is 5.43 Å². The van der Waals surface area contributed by atoms with Crippen LogP contribution in [0.15, 0.2) is 54.6 Å². The number of hydrogen-bond acceptors (Lipinski definition) is 6. The van der Waals surface area contributed by atoms with Gasteiger partial charge in [0.25, 0.3) is 0 Å². The van der Waals surface area contributed by atoms with Crippen LogP contribution in [0.3, 0.4) is 0 Å². The molecule has 124 valence electrons. The van der Waals surface area contributed by atoms with Crippen LogP contribution in [-0.4, -0.2) is 19.1 Å². The number of anilines is 2. The van der Waals surface area contributed by atoms with E-state index in [-0.39, 0.29) is 12.5 Å². The summed E-state index contributed by atoms with van der Waals surface area (Å²) in [5.41, 5.74) is 4.18. The molecule has 23 heavy (non-hydrogen) atoms. The highest BCUT2D eigenvalue weighted by Crippen LogP contribution is 2.15. The first-order valence-electron chi connectivity index (χ1n) is 7.02. The van der Waals surface area contributed by atoms with Crippen LogP contribution in [0, 0.1) is 0 Å². The predicted octanol–water partition coefficient (Wildman–Crippen LogP) is 2.56. The lowest BCUT2D eigenvalue weighted by Gasteiger charge is -2.17. The number of para-hydroxylation sites is 1. The molecule has 0 fully saturated rings. The molecule has 0 unspecified atom stereocenters. The van der Waals surface area contributed by atoms with Crippen molar-refractivity contribution in [3.05, 3.63) is 59.6 Å². The van der Waals surface area contributed by atoms with Gasteiger partial charge in [0.05, 0.1) is 12.3 Å². The van der Waals surface area contributed by atoms with E-state index < -0.39 is 0 Å². The van der Waals surface area contributed by atoms with Gasteiger partial charge in [-0.3, -0.25) is 15.6 Å². The third-order valence-electron chi connectivity index (χ3n) is 2.70. The summed E-state index contributed by atoms with van der Waals surface area (Å²) in [6, 6.07) is 16.5. The largest absolute Gasteiger partial charge is 0.465 e. The molecule has 0 atom stereocenters. The number of nitrogens with two attached hydrogens (primary N) is 2. The second kappa shape index (κ2) is 10.4. The molecule has 0 aliphatic carbocycles. The number of carbonyl (C=O) groups is 1. The Morgan fingerprint density at radius 3 is 2.26 bits per heavy atom. The Bertz CT molecular complexity index is 578. The second-order valence-electron chi connectivity index (χ2n) is 4.42. The predicted molar refractivity (Wildman–Crippen MR) is 93.9 cm³/mol. The van der Waals surface area contributed by atoms with E-state index in [0.29, 0.717) is 17.3 Å². The van der Waals surface area contributed by atoms with Crippen LogP contribution >= 0.6 is 11.6 Å². The van der Waals surface area contributed by atoms with E-state index >= 15 is 0 Å². The van der Waals surface area contributed by atoms with E-state index in [1.165, 1.54) is 5.01 Å². The van der Waals surface area contributed by atoms with E-state index in [1.807, 2.05) is 30.3 Å². The number of halogens is 1. The molecule has 6 nitrogen and oxygen atoms in total. The van der Waals surface area contributed by atoms with Gasteiger partial charge in [0.1, 0.15) is 6.54 Å². The number of nitrogens with one attached hydrogen (secondary N) is 1. The Morgan fingerprint density at radius 1 is 1.17 bits per heavy atom. The molecule has 0 saturated heterocycles. The molecule has 0 bridgehead atoms. The topological polar surface area (TPSA) is 93.6 Å². The van der Waals surface area contributed by atoms with Gasteiger partial charge in [-0.2, -0.15) is 0 Å². The third kappa shape index (κ3) is 7.51. The van der Waals surface area contributed by atoms with Crippen molar-refractivity contribution in [2.45, 2.75) is 6.92 Å². The van der Waals surface area contributed by atoms with Crippen molar-refractivity contribution < 1.29 is 9.53 Å². The van der Waals surface area contributed by atoms with Crippen molar-refractivity contribution in [2.75, 3.05) is 23.6 Å². The average molecular weight is 337 g/mol. The van der Waals surface area contributed by atoms with Crippen LogP contribution in [-0.2, 0) is 9.53 Å². The molecular formula is C16H21ClN4O2. The maximum Gasteiger partial charge on any atom is 0.327 e. The molecule has 2 aromatic rings. The van der Waals surface area contributed by atoms with Crippen LogP contribution in [0.4, 0.5) is 11.4 Å². The number of carbonyl (C=O) groups excluding carboxylic acids is 1. The van der Waals surface area contributed by atoms with Gasteiger partial charge in [0.15, 0.2) is 0 Å². The van der Waals surface area contributed by atoms with Crippen LogP contribution in [0.25, 0.3) is 0 Å². The molecule has 2 rings (SSSR count). The minimum atomic E-state index is -0.352. The van der Waals surface area contributed by atoms with Gasteiger partial charge < -0.3 is 10.2 Å². The zero-order valence-electron chi connectivity index (χ0n) is 12.9. The maximum atomic E-state index is 11.1. The van der Waals surface area contributed by atoms with Gasteiger partial charge in [-0.05, 0) is 43.3 Å². The molecule has 0 aromatic heterocycles. The summed E-state index contributed by atoms with van der Waals surface area (Å²) in [7, 11) is 0. The zero-order valence-corrected chi connectivity index (χ0v) is 13.7. The van der Waals surface area contributed by atoms with Crippen molar-refractivity contribution in [1.29, 1.82) is 0 Å². The number of hydrazine groups is 2. The van der Waals surface area contributed by atoms with Gasteiger partial charge in [0.2, 0.25) is 0 Å². The number of hydrogen-bond donors (Lipinski definition) is 3. The third-order valence-corrected chi connectivity index (χ3v) is 2.96. The molecule has 0 spiro atoms. The molecule has 0 saturated carbocycles. The van der Waals surface area contributed by atoms with Gasteiger partial charge in [-0.15, -0.1) is 0 Å². The maximum absolute atomic E-state index is 11.1. The molecular weight excluding hydrogens is 316 g/mol. The molecule has 0 aliphatic heterocycles. The van der Waals surface area contributed by atoms with Gasteiger partial charge in [-0.25, -0.2) is 5.84 Å². The lowest BCUT2D eigenvalue weighted by atomic mass is 10.3. The standard InChI is InChI=1S/C10H13ClN2O2.C6H8N2/c1-2-15-10(14)7-13(12)9-5-3-8(11)4-6-9;7-8-6-4-2-1-3-5-6/h3-6H,2,7,12H2,1H3;1-5,8H,7H2. The highest BCUT2D eigenvalue weighted by molar-refractivity contribution is 6.30. The Hall–Kier alpha value is -2.28. The van der Waals surface area contributed by atoms with Gasteiger partial charge in [-0.1, -0.05) is 29.8 Å². The lowest BCUT2D eigenvalue weighted by molar-refractivity contribution is -0.141. The normalized spacial score (nSPS) is 9.39. The smallest absolute Gasteiger partial charge is 0.327 e. The minimum Gasteiger partial charge on any atom is -0.465 e. The SMILES string of the molecule is CCOC(=O)CN(N)c1ccc(Cl)cc1.NNc1ccccc1. The Labute approximate surface area is 140 Å². The van der Waals surface area contributed by atoms with Gasteiger partial charge >= 0.3 is 5.97 Å². The van der Waals surface area contributed by atoms with E-state index in [4.69, 9.17) is 28.0 Å². The zero-order chi connectivity index (χ0) is 17.1. The summed E-state index contributed by atoms with van der Waals surface area (Å²) in [6.07, 6.45) is 0. The fourth-order valence-electron chi connectivity index (χ4n) is 1.60. The Morgan fingerprint density at radius 2 is 1.78 bits per heavy atom. The molecule has 2 aromatic carbocycles. The lowest BCUT2D eigenvalue weighted by Crippen LogP contribution is -2.36. The molecule has 0 radical (unpaired) electrons. The van der Waals surface area contributed by atoms with Crippen molar-refractivity contribution >= 4 is 28.9 Å².